The van der Waals surface area contributed by atoms with Crippen molar-refractivity contribution in [2.75, 3.05) is 6.54 Å². The molecule has 2 aliphatic carbocycles. The van der Waals surface area contributed by atoms with Crippen molar-refractivity contribution in [1.29, 1.82) is 0 Å². The summed E-state index contributed by atoms with van der Waals surface area (Å²) < 4.78 is 0. The number of hydrogen-bond donors (Lipinski definition) is 1. The molecule has 2 rings (SSSR count). The summed E-state index contributed by atoms with van der Waals surface area (Å²) in [6.07, 6.45) is 5.89. The molecule has 0 saturated heterocycles. The normalized spacial score (nSPS) is 42.6. The second-order valence-corrected chi connectivity index (χ2v) is 4.38. The number of rotatable bonds is 1. The molecule has 2 saturated carbocycles. The van der Waals surface area contributed by atoms with E-state index < -0.39 is 0 Å². The van der Waals surface area contributed by atoms with Crippen LogP contribution in [0.25, 0.3) is 0 Å². The Hall–Kier alpha value is -0.0400. The molecule has 0 amide bonds. The Kier molecular flexibility index (Phi) is 1.31. The van der Waals surface area contributed by atoms with Crippen molar-refractivity contribution in [3.8, 4) is 0 Å². The van der Waals surface area contributed by atoms with Gasteiger partial charge < -0.3 is 5.73 Å². The van der Waals surface area contributed by atoms with Crippen molar-refractivity contribution in [3.63, 3.8) is 0 Å². The zero-order valence-corrected chi connectivity index (χ0v) is 6.77. The Morgan fingerprint density at radius 3 is 2.40 bits per heavy atom. The first-order valence-corrected chi connectivity index (χ1v) is 4.46. The lowest BCUT2D eigenvalue weighted by Gasteiger charge is -2.10. The van der Waals surface area contributed by atoms with E-state index in [0.717, 1.165) is 23.8 Å². The van der Waals surface area contributed by atoms with Gasteiger partial charge in [-0.1, -0.05) is 6.92 Å². The Morgan fingerprint density at radius 1 is 1.40 bits per heavy atom. The third-order valence-electron chi connectivity index (χ3n) is 3.51. The molecule has 0 aromatic heterocycles. The van der Waals surface area contributed by atoms with Crippen molar-refractivity contribution >= 4 is 0 Å². The molecule has 2 fully saturated rings. The zero-order valence-electron chi connectivity index (χ0n) is 6.77. The second kappa shape index (κ2) is 1.97. The van der Waals surface area contributed by atoms with Gasteiger partial charge in [0.05, 0.1) is 0 Å². The molecule has 0 aromatic rings. The van der Waals surface area contributed by atoms with Crippen LogP contribution in [-0.4, -0.2) is 6.54 Å². The largest absolute Gasteiger partial charge is 0.330 e. The first-order valence-electron chi connectivity index (χ1n) is 4.46. The minimum atomic E-state index is 0.809. The molecule has 1 nitrogen and oxygen atoms in total. The van der Waals surface area contributed by atoms with Crippen LogP contribution in [0.2, 0.25) is 0 Å². The molecule has 0 bridgehead atoms. The van der Waals surface area contributed by atoms with Crippen molar-refractivity contribution in [3.05, 3.63) is 0 Å². The van der Waals surface area contributed by atoms with Gasteiger partial charge in [-0.15, -0.1) is 0 Å². The third-order valence-corrected chi connectivity index (χ3v) is 3.51. The molecule has 2 atom stereocenters. The smallest absolute Gasteiger partial charge is 0.00461 e. The highest BCUT2D eigenvalue weighted by molar-refractivity contribution is 5.01. The van der Waals surface area contributed by atoms with Crippen molar-refractivity contribution in [1.82, 2.24) is 0 Å². The van der Waals surface area contributed by atoms with E-state index in [4.69, 9.17) is 5.73 Å². The molecule has 0 aromatic carbocycles. The fourth-order valence-corrected chi connectivity index (χ4v) is 2.59. The van der Waals surface area contributed by atoms with Crippen molar-refractivity contribution < 1.29 is 0 Å². The lowest BCUT2D eigenvalue weighted by molar-refractivity contribution is 0.429. The Morgan fingerprint density at radius 2 is 2.10 bits per heavy atom. The van der Waals surface area contributed by atoms with Crippen LogP contribution in [0.5, 0.6) is 0 Å². The van der Waals surface area contributed by atoms with E-state index in [2.05, 4.69) is 6.92 Å². The van der Waals surface area contributed by atoms with E-state index in [1.54, 1.807) is 0 Å². The van der Waals surface area contributed by atoms with E-state index in [9.17, 15) is 0 Å². The third kappa shape index (κ3) is 0.878. The molecule has 58 valence electrons. The maximum absolute atomic E-state index is 5.67. The molecule has 1 unspecified atom stereocenters. The summed E-state index contributed by atoms with van der Waals surface area (Å²) in [6.45, 7) is 3.29. The van der Waals surface area contributed by atoms with Crippen LogP contribution >= 0.6 is 0 Å². The van der Waals surface area contributed by atoms with E-state index in [0.29, 0.717) is 0 Å². The van der Waals surface area contributed by atoms with Gasteiger partial charge in [0.25, 0.3) is 0 Å². The van der Waals surface area contributed by atoms with Gasteiger partial charge in [-0.25, -0.2) is 0 Å². The minimum absolute atomic E-state index is 0.809. The van der Waals surface area contributed by atoms with Gasteiger partial charge in [-0.05, 0) is 49.5 Å². The van der Waals surface area contributed by atoms with Gasteiger partial charge in [0.2, 0.25) is 0 Å². The Balaban J connectivity index is 2.00. The van der Waals surface area contributed by atoms with E-state index in [1.807, 2.05) is 0 Å². The highest BCUT2D eigenvalue weighted by Crippen LogP contribution is 2.61. The maximum atomic E-state index is 5.67. The molecule has 10 heavy (non-hydrogen) atoms. The average Bonchev–Trinajstić information content (AvgIpc) is 2.55. The Labute approximate surface area is 63.0 Å². The van der Waals surface area contributed by atoms with Crippen LogP contribution in [0.15, 0.2) is 0 Å². The quantitative estimate of drug-likeness (QED) is 0.588. The second-order valence-electron chi connectivity index (χ2n) is 4.38. The lowest BCUT2D eigenvalue weighted by Crippen LogP contribution is -2.16. The molecule has 0 heterocycles. The van der Waals surface area contributed by atoms with Crippen LogP contribution in [0.3, 0.4) is 0 Å². The van der Waals surface area contributed by atoms with Gasteiger partial charge in [0, 0.05) is 0 Å². The van der Waals surface area contributed by atoms with Gasteiger partial charge in [-0.3, -0.25) is 0 Å². The van der Waals surface area contributed by atoms with Crippen molar-refractivity contribution in [2.45, 2.75) is 32.6 Å². The summed E-state index contributed by atoms with van der Waals surface area (Å²) in [6, 6.07) is 0. The van der Waals surface area contributed by atoms with Crippen LogP contribution in [0.4, 0.5) is 0 Å². The van der Waals surface area contributed by atoms with Crippen molar-refractivity contribution in [2.24, 2.45) is 23.0 Å². The first-order chi connectivity index (χ1) is 4.76. The maximum Gasteiger partial charge on any atom is -0.00461 e. The van der Waals surface area contributed by atoms with Crippen LogP contribution < -0.4 is 5.73 Å². The molecular weight excluding hydrogens is 122 g/mol. The summed E-state index contributed by atoms with van der Waals surface area (Å²) in [5, 5.41) is 0. The van der Waals surface area contributed by atoms with Crippen LogP contribution in [-0.2, 0) is 0 Å². The summed E-state index contributed by atoms with van der Waals surface area (Å²) >= 11 is 0. The molecule has 1 spiro atoms. The summed E-state index contributed by atoms with van der Waals surface area (Å²) in [5.74, 6) is 1.76. The standard InChI is InChI=1S/C9H17N/c1-7-4-9(2-3-9)5-8(7)6-10/h7-8H,2-6,10H2,1H3/t7?,8-/m0/s1. The minimum Gasteiger partial charge on any atom is -0.330 e. The molecule has 2 N–H and O–H groups in total. The predicted molar refractivity (Wildman–Crippen MR) is 42.6 cm³/mol. The molecule has 2 aliphatic rings. The molecule has 0 radical (unpaired) electrons. The zero-order chi connectivity index (χ0) is 7.19. The Bertz CT molecular complexity index is 138. The van der Waals surface area contributed by atoms with Gasteiger partial charge >= 0.3 is 0 Å². The average molecular weight is 139 g/mol. The van der Waals surface area contributed by atoms with Gasteiger partial charge in [0.1, 0.15) is 0 Å². The number of hydrogen-bond acceptors (Lipinski definition) is 1. The fraction of sp³-hybridized carbons (Fsp3) is 1.00. The predicted octanol–water partition coefficient (Wildman–Crippen LogP) is 1.77. The van der Waals surface area contributed by atoms with E-state index >= 15 is 0 Å². The molecule has 1 heteroatoms. The van der Waals surface area contributed by atoms with Crippen LogP contribution in [0.1, 0.15) is 32.6 Å². The van der Waals surface area contributed by atoms with Crippen LogP contribution in [0, 0.1) is 17.3 Å². The summed E-state index contributed by atoms with van der Waals surface area (Å²) in [5.41, 5.74) is 6.48. The summed E-state index contributed by atoms with van der Waals surface area (Å²) in [4.78, 5) is 0. The fourth-order valence-electron chi connectivity index (χ4n) is 2.59. The topological polar surface area (TPSA) is 26.0 Å². The number of nitrogens with two attached hydrogens (primary N) is 1. The lowest BCUT2D eigenvalue weighted by atomic mass is 9.99. The first kappa shape index (κ1) is 6.66. The van der Waals surface area contributed by atoms with E-state index in [1.165, 1.54) is 25.7 Å². The van der Waals surface area contributed by atoms with Gasteiger partial charge in [0.15, 0.2) is 0 Å². The molecule has 0 aliphatic heterocycles. The monoisotopic (exact) mass is 139 g/mol. The highest BCUT2D eigenvalue weighted by Gasteiger charge is 2.50. The SMILES string of the molecule is CC1CC2(CC2)C[C@H]1CN. The van der Waals surface area contributed by atoms with E-state index in [-0.39, 0.29) is 0 Å². The van der Waals surface area contributed by atoms with Gasteiger partial charge in [-0.2, -0.15) is 0 Å². The summed E-state index contributed by atoms with van der Waals surface area (Å²) in [7, 11) is 0. The highest BCUT2D eigenvalue weighted by atomic mass is 14.6. The molecular formula is C9H17N.